The molecule has 5 heteroatoms. The van der Waals surface area contributed by atoms with Crippen molar-refractivity contribution < 1.29 is 0 Å². The van der Waals surface area contributed by atoms with Crippen LogP contribution in [0.5, 0.6) is 0 Å². The van der Waals surface area contributed by atoms with Gasteiger partial charge in [0.05, 0.1) is 5.25 Å². The number of hydrogen-bond acceptors (Lipinski definition) is 5. The Balaban J connectivity index is 1.88. The van der Waals surface area contributed by atoms with Crippen molar-refractivity contribution in [2.45, 2.75) is 24.0 Å². The van der Waals surface area contributed by atoms with Gasteiger partial charge in [-0.3, -0.25) is 0 Å². The van der Waals surface area contributed by atoms with Crippen LogP contribution in [0.1, 0.15) is 35.5 Å². The lowest BCUT2D eigenvalue weighted by Crippen LogP contribution is -2.12. The Morgan fingerprint density at radius 1 is 1.29 bits per heavy atom. The molecule has 1 aromatic rings. The molecule has 0 bridgehead atoms. The molecule has 3 rings (SSSR count). The molecule has 92 valence electrons. The molecule has 1 aliphatic carbocycles. The maximum atomic E-state index is 4.78. The highest BCUT2D eigenvalue weighted by molar-refractivity contribution is 8.06. The van der Waals surface area contributed by atoms with Gasteiger partial charge in [-0.1, -0.05) is 0 Å². The lowest BCUT2D eigenvalue weighted by Gasteiger charge is -2.20. The Labute approximate surface area is 111 Å². The summed E-state index contributed by atoms with van der Waals surface area (Å²) in [4.78, 5) is 9.41. The standard InChI is InChI=1S/C12H17N3S2/c1-13-11-6-9(8-2-3-8)14-12(15-11)10-7-16-4-5-17-10/h6,8,10H,2-5,7H2,1H3,(H,13,14,15). The van der Waals surface area contributed by atoms with Crippen LogP contribution in [-0.2, 0) is 0 Å². The minimum Gasteiger partial charge on any atom is -0.373 e. The second-order valence-electron chi connectivity index (χ2n) is 4.49. The van der Waals surface area contributed by atoms with Crippen molar-refractivity contribution in [3.05, 3.63) is 17.6 Å². The Bertz CT molecular complexity index is 401. The summed E-state index contributed by atoms with van der Waals surface area (Å²) in [5.41, 5.74) is 1.25. The van der Waals surface area contributed by atoms with Gasteiger partial charge in [-0.25, -0.2) is 9.97 Å². The fourth-order valence-electron chi connectivity index (χ4n) is 1.98. The maximum Gasteiger partial charge on any atom is 0.144 e. The van der Waals surface area contributed by atoms with Crippen LogP contribution in [0.15, 0.2) is 6.07 Å². The smallest absolute Gasteiger partial charge is 0.144 e. The molecule has 2 heterocycles. The number of aromatic nitrogens is 2. The van der Waals surface area contributed by atoms with E-state index >= 15 is 0 Å². The first-order chi connectivity index (χ1) is 8.36. The Morgan fingerprint density at radius 2 is 2.18 bits per heavy atom. The van der Waals surface area contributed by atoms with E-state index in [1.807, 2.05) is 30.6 Å². The molecule has 2 aliphatic rings. The largest absolute Gasteiger partial charge is 0.373 e. The van der Waals surface area contributed by atoms with E-state index in [0.29, 0.717) is 11.2 Å². The molecule has 0 amide bonds. The molecule has 1 aliphatic heterocycles. The van der Waals surface area contributed by atoms with E-state index in [-0.39, 0.29) is 0 Å². The molecule has 3 nitrogen and oxygen atoms in total. The van der Waals surface area contributed by atoms with Crippen LogP contribution in [0.2, 0.25) is 0 Å². The Hall–Kier alpha value is -0.420. The van der Waals surface area contributed by atoms with Gasteiger partial charge in [0, 0.05) is 42.0 Å². The summed E-state index contributed by atoms with van der Waals surface area (Å²) >= 11 is 4.02. The van der Waals surface area contributed by atoms with Crippen molar-refractivity contribution in [2.24, 2.45) is 0 Å². The number of nitrogens with zero attached hydrogens (tertiary/aromatic N) is 2. The molecule has 0 spiro atoms. The summed E-state index contributed by atoms with van der Waals surface area (Å²) in [6, 6.07) is 2.11. The van der Waals surface area contributed by atoms with E-state index in [0.717, 1.165) is 17.4 Å². The van der Waals surface area contributed by atoms with Gasteiger partial charge in [-0.15, -0.1) is 11.8 Å². The molecule has 0 aromatic carbocycles. The second-order valence-corrected chi connectivity index (χ2v) is 6.96. The SMILES string of the molecule is CNc1cc(C2CC2)nc(C2CSCCS2)n1. The summed E-state index contributed by atoms with van der Waals surface area (Å²) in [5, 5.41) is 3.65. The molecule has 0 radical (unpaired) electrons. The van der Waals surface area contributed by atoms with Crippen molar-refractivity contribution in [3.8, 4) is 0 Å². The fraction of sp³-hybridized carbons (Fsp3) is 0.667. The highest BCUT2D eigenvalue weighted by Crippen LogP contribution is 2.41. The van der Waals surface area contributed by atoms with Gasteiger partial charge < -0.3 is 5.32 Å². The molecular weight excluding hydrogens is 250 g/mol. The number of anilines is 1. The predicted molar refractivity (Wildman–Crippen MR) is 76.1 cm³/mol. The monoisotopic (exact) mass is 267 g/mol. The Kier molecular flexibility index (Phi) is 3.47. The zero-order valence-electron chi connectivity index (χ0n) is 9.98. The molecule has 1 saturated carbocycles. The summed E-state index contributed by atoms with van der Waals surface area (Å²) < 4.78 is 0. The van der Waals surface area contributed by atoms with Crippen molar-refractivity contribution in [3.63, 3.8) is 0 Å². The topological polar surface area (TPSA) is 37.8 Å². The van der Waals surface area contributed by atoms with Gasteiger partial charge in [0.25, 0.3) is 0 Å². The van der Waals surface area contributed by atoms with Gasteiger partial charge in [0.1, 0.15) is 11.6 Å². The first-order valence-electron chi connectivity index (χ1n) is 6.13. The number of nitrogens with one attached hydrogen (secondary N) is 1. The van der Waals surface area contributed by atoms with E-state index < -0.39 is 0 Å². The molecule has 1 unspecified atom stereocenters. The van der Waals surface area contributed by atoms with Crippen molar-refractivity contribution >= 4 is 29.3 Å². The van der Waals surface area contributed by atoms with Crippen LogP contribution in [0.3, 0.4) is 0 Å². The number of hydrogen-bond donors (Lipinski definition) is 1. The van der Waals surface area contributed by atoms with Crippen LogP contribution in [-0.4, -0.2) is 34.3 Å². The fourth-order valence-corrected chi connectivity index (χ4v) is 4.58. The minimum atomic E-state index is 0.486. The zero-order chi connectivity index (χ0) is 11.7. The average Bonchev–Trinajstić information content (AvgIpc) is 3.23. The normalized spacial score (nSPS) is 24.6. The first-order valence-corrected chi connectivity index (χ1v) is 8.33. The molecule has 1 aromatic heterocycles. The van der Waals surface area contributed by atoms with Crippen molar-refractivity contribution in [1.29, 1.82) is 0 Å². The summed E-state index contributed by atoms with van der Waals surface area (Å²) in [7, 11) is 1.94. The predicted octanol–water partition coefficient (Wildman–Crippen LogP) is 2.92. The number of rotatable bonds is 3. The minimum absolute atomic E-state index is 0.486. The third kappa shape index (κ3) is 2.71. The zero-order valence-corrected chi connectivity index (χ0v) is 11.6. The third-order valence-corrected chi connectivity index (χ3v) is 5.87. The van der Waals surface area contributed by atoms with Gasteiger partial charge in [-0.2, -0.15) is 11.8 Å². The van der Waals surface area contributed by atoms with Crippen LogP contribution < -0.4 is 5.32 Å². The van der Waals surface area contributed by atoms with Crippen molar-refractivity contribution in [2.75, 3.05) is 29.6 Å². The Morgan fingerprint density at radius 3 is 2.82 bits per heavy atom. The molecule has 17 heavy (non-hydrogen) atoms. The van der Waals surface area contributed by atoms with E-state index in [4.69, 9.17) is 4.98 Å². The van der Waals surface area contributed by atoms with Gasteiger partial charge in [0.15, 0.2) is 0 Å². The lowest BCUT2D eigenvalue weighted by atomic mass is 10.2. The summed E-state index contributed by atoms with van der Waals surface area (Å²) in [6.45, 7) is 0. The quantitative estimate of drug-likeness (QED) is 0.911. The second kappa shape index (κ2) is 5.06. The summed E-state index contributed by atoms with van der Waals surface area (Å²) in [6.07, 6.45) is 2.60. The highest BCUT2D eigenvalue weighted by Gasteiger charge is 2.28. The molecular formula is C12H17N3S2. The average molecular weight is 267 g/mol. The third-order valence-electron chi connectivity index (χ3n) is 3.12. The first kappa shape index (κ1) is 11.7. The molecule has 2 fully saturated rings. The van der Waals surface area contributed by atoms with Crippen molar-refractivity contribution in [1.82, 2.24) is 9.97 Å². The van der Waals surface area contributed by atoms with E-state index in [1.54, 1.807) is 0 Å². The molecule has 1 saturated heterocycles. The van der Waals surface area contributed by atoms with Crippen LogP contribution in [0.25, 0.3) is 0 Å². The van der Waals surface area contributed by atoms with Crippen LogP contribution in [0.4, 0.5) is 5.82 Å². The van der Waals surface area contributed by atoms with Crippen LogP contribution >= 0.6 is 23.5 Å². The lowest BCUT2D eigenvalue weighted by molar-refractivity contribution is 0.874. The van der Waals surface area contributed by atoms with Gasteiger partial charge in [-0.05, 0) is 12.8 Å². The van der Waals surface area contributed by atoms with E-state index in [9.17, 15) is 0 Å². The van der Waals surface area contributed by atoms with Gasteiger partial charge >= 0.3 is 0 Å². The number of thioether (sulfide) groups is 2. The molecule has 1 atom stereocenters. The maximum absolute atomic E-state index is 4.78. The van der Waals surface area contributed by atoms with E-state index in [2.05, 4.69) is 16.4 Å². The highest BCUT2D eigenvalue weighted by atomic mass is 32.2. The van der Waals surface area contributed by atoms with E-state index in [1.165, 1.54) is 30.0 Å². The summed E-state index contributed by atoms with van der Waals surface area (Å²) in [5.74, 6) is 6.36. The van der Waals surface area contributed by atoms with Crippen LogP contribution in [0, 0.1) is 0 Å². The molecule has 1 N–H and O–H groups in total. The van der Waals surface area contributed by atoms with Gasteiger partial charge in [0.2, 0.25) is 0 Å².